The molecule has 1 aromatic carbocycles. The fourth-order valence-corrected chi connectivity index (χ4v) is 2.54. The largest absolute Gasteiger partial charge is 0.491 e. The van der Waals surface area contributed by atoms with Crippen LogP contribution in [0, 0.1) is 5.92 Å². The molecule has 1 heterocycles. The van der Waals surface area contributed by atoms with Crippen molar-refractivity contribution in [1.82, 2.24) is 0 Å². The third-order valence-electron chi connectivity index (χ3n) is 4.06. The molecule has 2 atom stereocenters. The summed E-state index contributed by atoms with van der Waals surface area (Å²) in [6.07, 6.45) is 5.74. The number of ether oxygens (including phenoxy) is 2. The van der Waals surface area contributed by atoms with Crippen LogP contribution in [0.15, 0.2) is 24.3 Å². The van der Waals surface area contributed by atoms with Gasteiger partial charge in [-0.25, -0.2) is 0 Å². The Bertz CT molecular complexity index is 393. The van der Waals surface area contributed by atoms with E-state index < -0.39 is 0 Å². The van der Waals surface area contributed by atoms with Crippen LogP contribution in [0.4, 0.5) is 0 Å². The molecule has 1 saturated carbocycles. The van der Waals surface area contributed by atoms with Crippen LogP contribution in [-0.4, -0.2) is 30.5 Å². The molecule has 3 rings (SSSR count). The second-order valence-electron chi connectivity index (χ2n) is 5.80. The van der Waals surface area contributed by atoms with Gasteiger partial charge in [-0.05, 0) is 36.5 Å². The summed E-state index contributed by atoms with van der Waals surface area (Å²) in [7, 11) is 0. The van der Waals surface area contributed by atoms with Crippen LogP contribution in [-0.2, 0) is 11.2 Å². The van der Waals surface area contributed by atoms with Crippen molar-refractivity contribution < 1.29 is 14.6 Å². The summed E-state index contributed by atoms with van der Waals surface area (Å²) < 4.78 is 10.7. The zero-order valence-electron chi connectivity index (χ0n) is 11.3. The summed E-state index contributed by atoms with van der Waals surface area (Å²) >= 11 is 0. The SMILES string of the molecule is OC(Cc1ccc(OCC2CO2)cc1)CC1CCC1. The maximum absolute atomic E-state index is 10.0. The maximum atomic E-state index is 10.0. The summed E-state index contributed by atoms with van der Waals surface area (Å²) in [5.74, 6) is 1.64. The summed E-state index contributed by atoms with van der Waals surface area (Å²) in [6, 6.07) is 8.06. The van der Waals surface area contributed by atoms with E-state index in [-0.39, 0.29) is 6.10 Å². The number of hydrogen-bond acceptors (Lipinski definition) is 3. The fourth-order valence-electron chi connectivity index (χ4n) is 2.54. The summed E-state index contributed by atoms with van der Waals surface area (Å²) in [5.41, 5.74) is 1.18. The second kappa shape index (κ2) is 5.93. The Balaban J connectivity index is 1.44. The van der Waals surface area contributed by atoms with Gasteiger partial charge in [-0.1, -0.05) is 31.4 Å². The zero-order chi connectivity index (χ0) is 13.1. The molecule has 2 aliphatic rings. The lowest BCUT2D eigenvalue weighted by Gasteiger charge is -2.27. The van der Waals surface area contributed by atoms with Crippen LogP contribution < -0.4 is 4.74 Å². The third-order valence-corrected chi connectivity index (χ3v) is 4.06. The summed E-state index contributed by atoms with van der Waals surface area (Å²) in [6.45, 7) is 1.47. The quantitative estimate of drug-likeness (QED) is 0.768. The molecule has 104 valence electrons. The zero-order valence-corrected chi connectivity index (χ0v) is 11.3. The molecular formula is C16H22O3. The number of aliphatic hydroxyl groups excluding tert-OH is 1. The fraction of sp³-hybridized carbons (Fsp3) is 0.625. The summed E-state index contributed by atoms with van der Waals surface area (Å²) in [4.78, 5) is 0. The van der Waals surface area contributed by atoms with Crippen LogP contribution in [0.5, 0.6) is 5.75 Å². The molecule has 2 fully saturated rings. The van der Waals surface area contributed by atoms with Crippen molar-refractivity contribution in [2.24, 2.45) is 5.92 Å². The lowest BCUT2D eigenvalue weighted by Crippen LogP contribution is -2.20. The minimum absolute atomic E-state index is 0.197. The number of hydrogen-bond donors (Lipinski definition) is 1. The van der Waals surface area contributed by atoms with Crippen molar-refractivity contribution in [3.63, 3.8) is 0 Å². The van der Waals surface area contributed by atoms with E-state index in [0.717, 1.165) is 31.1 Å². The van der Waals surface area contributed by atoms with Crippen molar-refractivity contribution in [3.8, 4) is 5.75 Å². The predicted molar refractivity (Wildman–Crippen MR) is 73.3 cm³/mol. The van der Waals surface area contributed by atoms with Crippen molar-refractivity contribution in [2.75, 3.05) is 13.2 Å². The Kier molecular flexibility index (Phi) is 4.04. The Labute approximate surface area is 114 Å². The average Bonchev–Trinajstić information content (AvgIpc) is 3.17. The Hall–Kier alpha value is -1.06. The first kappa shape index (κ1) is 12.9. The minimum Gasteiger partial charge on any atom is -0.491 e. The monoisotopic (exact) mass is 262 g/mol. The molecule has 0 bridgehead atoms. The van der Waals surface area contributed by atoms with Crippen LogP contribution in [0.1, 0.15) is 31.2 Å². The number of rotatable bonds is 7. The van der Waals surface area contributed by atoms with Crippen molar-refractivity contribution in [2.45, 2.75) is 44.3 Å². The molecule has 0 spiro atoms. The average molecular weight is 262 g/mol. The first-order chi connectivity index (χ1) is 9.29. The molecule has 2 unspecified atom stereocenters. The van der Waals surface area contributed by atoms with Gasteiger partial charge in [-0.3, -0.25) is 0 Å². The molecule has 0 amide bonds. The smallest absolute Gasteiger partial charge is 0.119 e. The molecule has 1 N–H and O–H groups in total. The van der Waals surface area contributed by atoms with Gasteiger partial charge in [0.05, 0.1) is 12.7 Å². The highest BCUT2D eigenvalue weighted by Crippen LogP contribution is 2.31. The maximum Gasteiger partial charge on any atom is 0.119 e. The second-order valence-corrected chi connectivity index (χ2v) is 5.80. The van der Waals surface area contributed by atoms with E-state index in [4.69, 9.17) is 9.47 Å². The third kappa shape index (κ3) is 3.95. The number of benzene rings is 1. The molecule has 1 saturated heterocycles. The van der Waals surface area contributed by atoms with Crippen LogP contribution in [0.2, 0.25) is 0 Å². The van der Waals surface area contributed by atoms with E-state index >= 15 is 0 Å². The molecular weight excluding hydrogens is 240 g/mol. The van der Waals surface area contributed by atoms with E-state index in [1.807, 2.05) is 24.3 Å². The van der Waals surface area contributed by atoms with Crippen molar-refractivity contribution >= 4 is 0 Å². The van der Waals surface area contributed by atoms with E-state index in [9.17, 15) is 5.11 Å². The minimum atomic E-state index is -0.197. The molecule has 3 heteroatoms. The summed E-state index contributed by atoms with van der Waals surface area (Å²) in [5, 5.41) is 10.0. The van der Waals surface area contributed by atoms with Crippen molar-refractivity contribution in [3.05, 3.63) is 29.8 Å². The normalized spacial score (nSPS) is 23.7. The molecule has 1 aliphatic carbocycles. The van der Waals surface area contributed by atoms with Gasteiger partial charge < -0.3 is 14.6 Å². The van der Waals surface area contributed by atoms with Gasteiger partial charge in [0.25, 0.3) is 0 Å². The predicted octanol–water partition coefficient (Wildman–Crippen LogP) is 2.56. The standard InChI is InChI=1S/C16H22O3/c17-14(8-12-2-1-3-12)9-13-4-6-15(7-5-13)18-10-16-11-19-16/h4-7,12,14,16-17H,1-3,8-11H2. The lowest BCUT2D eigenvalue weighted by molar-refractivity contribution is 0.118. The Morgan fingerprint density at radius 2 is 2.00 bits per heavy atom. The molecule has 0 radical (unpaired) electrons. The van der Waals surface area contributed by atoms with Gasteiger partial charge in [0.1, 0.15) is 18.5 Å². The molecule has 19 heavy (non-hydrogen) atoms. The first-order valence-corrected chi connectivity index (χ1v) is 7.31. The van der Waals surface area contributed by atoms with Gasteiger partial charge in [-0.15, -0.1) is 0 Å². The highest BCUT2D eigenvalue weighted by Gasteiger charge is 2.23. The van der Waals surface area contributed by atoms with Gasteiger partial charge >= 0.3 is 0 Å². The highest BCUT2D eigenvalue weighted by atomic mass is 16.6. The first-order valence-electron chi connectivity index (χ1n) is 7.31. The van der Waals surface area contributed by atoms with E-state index in [2.05, 4.69) is 0 Å². The van der Waals surface area contributed by atoms with Crippen molar-refractivity contribution in [1.29, 1.82) is 0 Å². The highest BCUT2D eigenvalue weighted by molar-refractivity contribution is 5.27. The van der Waals surface area contributed by atoms with Gasteiger partial charge in [0.15, 0.2) is 0 Å². The molecule has 0 aromatic heterocycles. The number of epoxide rings is 1. The van der Waals surface area contributed by atoms with E-state index in [0.29, 0.717) is 12.7 Å². The number of aliphatic hydroxyl groups is 1. The lowest BCUT2D eigenvalue weighted by atomic mass is 9.80. The van der Waals surface area contributed by atoms with Gasteiger partial charge in [-0.2, -0.15) is 0 Å². The van der Waals surface area contributed by atoms with E-state index in [1.54, 1.807) is 0 Å². The molecule has 3 nitrogen and oxygen atoms in total. The Morgan fingerprint density at radius 1 is 1.26 bits per heavy atom. The Morgan fingerprint density at radius 3 is 2.58 bits per heavy atom. The van der Waals surface area contributed by atoms with Gasteiger partial charge in [0.2, 0.25) is 0 Å². The van der Waals surface area contributed by atoms with Crippen LogP contribution in [0.25, 0.3) is 0 Å². The molecule has 1 aliphatic heterocycles. The molecule has 1 aromatic rings. The van der Waals surface area contributed by atoms with Gasteiger partial charge in [0, 0.05) is 0 Å². The van der Waals surface area contributed by atoms with Crippen LogP contribution in [0.3, 0.4) is 0 Å². The van der Waals surface area contributed by atoms with Crippen LogP contribution >= 0.6 is 0 Å². The topological polar surface area (TPSA) is 42.0 Å². The van der Waals surface area contributed by atoms with E-state index in [1.165, 1.54) is 24.8 Å².